The number of nitriles is 1. The highest BCUT2D eigenvalue weighted by Gasteiger charge is 2.18. The molecule has 0 fully saturated rings. The van der Waals surface area contributed by atoms with Crippen molar-refractivity contribution < 1.29 is 9.53 Å². The van der Waals surface area contributed by atoms with Crippen LogP contribution >= 0.6 is 0 Å². The van der Waals surface area contributed by atoms with E-state index in [1.54, 1.807) is 0 Å². The number of nitrogens with one attached hydrogen (secondary N) is 1. The number of benzene rings is 1. The molecule has 0 saturated heterocycles. The molecule has 1 atom stereocenters. The quantitative estimate of drug-likeness (QED) is 0.787. The maximum atomic E-state index is 11.7. The summed E-state index contributed by atoms with van der Waals surface area (Å²) >= 11 is 0. The first kappa shape index (κ1) is 13.0. The number of carbonyl (C=O) groups is 1. The van der Waals surface area contributed by atoms with Crippen LogP contribution in [-0.4, -0.2) is 18.6 Å². The number of carbonyl (C=O) groups excluding carboxylic acids is 1. The second-order valence-electron chi connectivity index (χ2n) is 3.66. The van der Waals surface area contributed by atoms with Gasteiger partial charge in [0.1, 0.15) is 12.3 Å². The van der Waals surface area contributed by atoms with Crippen LogP contribution in [0, 0.1) is 18.3 Å². The van der Waals surface area contributed by atoms with Crippen LogP contribution in [0.3, 0.4) is 0 Å². The van der Waals surface area contributed by atoms with Crippen LogP contribution in [0.15, 0.2) is 24.3 Å². The van der Waals surface area contributed by atoms with Crippen LogP contribution in [0.1, 0.15) is 18.9 Å². The van der Waals surface area contributed by atoms with Gasteiger partial charge in [-0.2, -0.15) is 5.26 Å². The molecule has 0 aliphatic rings. The van der Waals surface area contributed by atoms with Crippen LogP contribution in [0.25, 0.3) is 0 Å². The molecular formula is C13H16N2O2. The van der Waals surface area contributed by atoms with E-state index in [1.165, 1.54) is 0 Å². The Morgan fingerprint density at radius 3 is 2.82 bits per heavy atom. The molecule has 17 heavy (non-hydrogen) atoms. The van der Waals surface area contributed by atoms with Gasteiger partial charge in [-0.05, 0) is 25.0 Å². The second kappa shape index (κ2) is 6.54. The van der Waals surface area contributed by atoms with Gasteiger partial charge in [-0.3, -0.25) is 4.79 Å². The number of rotatable bonds is 5. The van der Waals surface area contributed by atoms with Crippen molar-refractivity contribution in [1.29, 1.82) is 5.26 Å². The summed E-state index contributed by atoms with van der Waals surface area (Å²) < 4.78 is 5.63. The number of hydrogen-bond acceptors (Lipinski definition) is 3. The van der Waals surface area contributed by atoms with E-state index in [9.17, 15) is 4.79 Å². The molecule has 0 aliphatic carbocycles. The maximum absolute atomic E-state index is 11.7. The molecule has 90 valence electrons. The fourth-order valence-corrected chi connectivity index (χ4v) is 1.40. The molecule has 0 bridgehead atoms. The van der Waals surface area contributed by atoms with Crippen molar-refractivity contribution in [1.82, 2.24) is 5.32 Å². The van der Waals surface area contributed by atoms with Crippen LogP contribution in [0.2, 0.25) is 0 Å². The molecule has 4 nitrogen and oxygen atoms in total. The van der Waals surface area contributed by atoms with Gasteiger partial charge in [-0.25, -0.2) is 0 Å². The van der Waals surface area contributed by atoms with Gasteiger partial charge in [0.2, 0.25) is 0 Å². The molecule has 0 aromatic heterocycles. The summed E-state index contributed by atoms with van der Waals surface area (Å²) in [6.45, 7) is 3.80. The monoisotopic (exact) mass is 232 g/mol. The van der Waals surface area contributed by atoms with E-state index in [0.717, 1.165) is 5.56 Å². The molecule has 1 aromatic carbocycles. The second-order valence-corrected chi connectivity index (χ2v) is 3.66. The summed E-state index contributed by atoms with van der Waals surface area (Å²) in [4.78, 5) is 11.7. The van der Waals surface area contributed by atoms with Crippen molar-refractivity contribution in [3.8, 4) is 11.8 Å². The van der Waals surface area contributed by atoms with E-state index in [2.05, 4.69) is 5.32 Å². The lowest BCUT2D eigenvalue weighted by Crippen LogP contribution is -2.38. The van der Waals surface area contributed by atoms with E-state index in [4.69, 9.17) is 10.00 Å². The van der Waals surface area contributed by atoms with Crippen molar-refractivity contribution in [3.05, 3.63) is 29.8 Å². The summed E-state index contributed by atoms with van der Waals surface area (Å²) in [6, 6.07) is 9.40. The summed E-state index contributed by atoms with van der Waals surface area (Å²) in [6.07, 6.45) is 0.00967. The van der Waals surface area contributed by atoms with Crippen LogP contribution in [0.4, 0.5) is 0 Å². The molecule has 0 spiro atoms. The van der Waals surface area contributed by atoms with E-state index in [1.807, 2.05) is 44.2 Å². The van der Waals surface area contributed by atoms with Gasteiger partial charge in [0, 0.05) is 0 Å². The minimum Gasteiger partial charge on any atom is -0.480 e. The van der Waals surface area contributed by atoms with Crippen molar-refractivity contribution in [3.63, 3.8) is 0 Å². The summed E-state index contributed by atoms with van der Waals surface area (Å²) in [7, 11) is 0. The predicted octanol–water partition coefficient (Wildman–Crippen LogP) is 1.79. The number of aryl methyl sites for hydroxylation is 1. The van der Waals surface area contributed by atoms with Gasteiger partial charge in [-0.15, -0.1) is 0 Å². The molecule has 1 N–H and O–H groups in total. The zero-order chi connectivity index (χ0) is 12.7. The first-order chi connectivity index (χ1) is 8.19. The normalized spacial score (nSPS) is 11.4. The fourth-order valence-electron chi connectivity index (χ4n) is 1.40. The van der Waals surface area contributed by atoms with E-state index < -0.39 is 6.10 Å². The average molecular weight is 232 g/mol. The molecule has 1 aromatic rings. The minimum atomic E-state index is -0.551. The summed E-state index contributed by atoms with van der Waals surface area (Å²) in [5.41, 5.74) is 0.985. The Kier molecular flexibility index (Phi) is 5.02. The molecule has 1 unspecified atom stereocenters. The third kappa shape index (κ3) is 3.80. The third-order valence-corrected chi connectivity index (χ3v) is 2.37. The lowest BCUT2D eigenvalue weighted by atomic mass is 10.2. The molecule has 4 heteroatoms. The Bertz CT molecular complexity index is 424. The van der Waals surface area contributed by atoms with E-state index >= 15 is 0 Å². The number of hydrogen-bond donors (Lipinski definition) is 1. The Labute approximate surface area is 101 Å². The average Bonchev–Trinajstić information content (AvgIpc) is 2.35. The van der Waals surface area contributed by atoms with Crippen LogP contribution < -0.4 is 10.1 Å². The van der Waals surface area contributed by atoms with Gasteiger partial charge in [-0.1, -0.05) is 25.1 Å². The van der Waals surface area contributed by atoms with Gasteiger partial charge < -0.3 is 10.1 Å². The third-order valence-electron chi connectivity index (χ3n) is 2.37. The molecule has 0 aliphatic heterocycles. The van der Waals surface area contributed by atoms with Crippen molar-refractivity contribution in [2.45, 2.75) is 26.4 Å². The first-order valence-corrected chi connectivity index (χ1v) is 5.56. The maximum Gasteiger partial charge on any atom is 0.261 e. The zero-order valence-electron chi connectivity index (χ0n) is 10.1. The largest absolute Gasteiger partial charge is 0.480 e. The zero-order valence-corrected chi connectivity index (χ0v) is 10.1. The SMILES string of the molecule is CCC(Oc1ccccc1C)C(=O)NCC#N. The Hall–Kier alpha value is -2.02. The molecule has 0 heterocycles. The number of para-hydroxylation sites is 1. The van der Waals surface area contributed by atoms with Crippen molar-refractivity contribution in [2.75, 3.05) is 6.54 Å². The highest BCUT2D eigenvalue weighted by atomic mass is 16.5. The topological polar surface area (TPSA) is 62.1 Å². The number of nitrogens with zero attached hydrogens (tertiary/aromatic N) is 1. The number of ether oxygens (including phenoxy) is 1. The fraction of sp³-hybridized carbons (Fsp3) is 0.385. The number of amides is 1. The smallest absolute Gasteiger partial charge is 0.261 e. The molecule has 0 radical (unpaired) electrons. The van der Waals surface area contributed by atoms with Crippen LogP contribution in [0.5, 0.6) is 5.75 Å². The van der Waals surface area contributed by atoms with Crippen LogP contribution in [-0.2, 0) is 4.79 Å². The molecule has 0 saturated carbocycles. The highest BCUT2D eigenvalue weighted by molar-refractivity contribution is 5.81. The minimum absolute atomic E-state index is 0.00641. The van der Waals surface area contributed by atoms with E-state index in [0.29, 0.717) is 12.2 Å². The summed E-state index contributed by atoms with van der Waals surface area (Å²) in [5.74, 6) is 0.448. The summed E-state index contributed by atoms with van der Waals surface area (Å²) in [5, 5.41) is 10.9. The Balaban J connectivity index is 2.67. The van der Waals surface area contributed by atoms with Gasteiger partial charge in [0.05, 0.1) is 6.07 Å². The Morgan fingerprint density at radius 2 is 2.24 bits per heavy atom. The van der Waals surface area contributed by atoms with Crippen molar-refractivity contribution >= 4 is 5.91 Å². The van der Waals surface area contributed by atoms with E-state index in [-0.39, 0.29) is 12.5 Å². The molecule has 1 rings (SSSR count). The standard InChI is InChI=1S/C13H16N2O2/c1-3-11(13(16)15-9-8-14)17-12-7-5-4-6-10(12)2/h4-7,11H,3,9H2,1-2H3,(H,15,16). The predicted molar refractivity (Wildman–Crippen MR) is 64.5 cm³/mol. The molecular weight excluding hydrogens is 216 g/mol. The lowest BCUT2D eigenvalue weighted by molar-refractivity contribution is -0.127. The van der Waals surface area contributed by atoms with Gasteiger partial charge in [0.15, 0.2) is 6.10 Å². The lowest BCUT2D eigenvalue weighted by Gasteiger charge is -2.17. The first-order valence-electron chi connectivity index (χ1n) is 5.56. The van der Waals surface area contributed by atoms with Gasteiger partial charge >= 0.3 is 0 Å². The highest BCUT2D eigenvalue weighted by Crippen LogP contribution is 2.18. The van der Waals surface area contributed by atoms with Crippen molar-refractivity contribution in [2.24, 2.45) is 0 Å². The Morgan fingerprint density at radius 1 is 1.53 bits per heavy atom. The molecule has 1 amide bonds. The van der Waals surface area contributed by atoms with Gasteiger partial charge in [0.25, 0.3) is 5.91 Å².